The van der Waals surface area contributed by atoms with E-state index in [2.05, 4.69) is 43.5 Å². The van der Waals surface area contributed by atoms with Crippen molar-refractivity contribution < 1.29 is 14.3 Å². The van der Waals surface area contributed by atoms with Crippen molar-refractivity contribution >= 4 is 11.9 Å². The van der Waals surface area contributed by atoms with E-state index in [4.69, 9.17) is 0 Å². The minimum Gasteiger partial charge on any atom is -0.464 e. The highest BCUT2D eigenvalue weighted by molar-refractivity contribution is 5.86. The van der Waals surface area contributed by atoms with Gasteiger partial charge in [-0.3, -0.25) is 9.69 Å². The molecule has 2 aromatic rings. The number of ether oxygens (including phenoxy) is 1. The Morgan fingerprint density at radius 1 is 1.27 bits per heavy atom. The molecule has 1 aliphatic heterocycles. The van der Waals surface area contributed by atoms with Crippen molar-refractivity contribution in [2.45, 2.75) is 51.1 Å². The molecule has 0 unspecified atom stereocenters. The molecule has 2 heterocycles. The summed E-state index contributed by atoms with van der Waals surface area (Å²) in [6.07, 6.45) is 7.29. The fourth-order valence-electron chi connectivity index (χ4n) is 4.42. The van der Waals surface area contributed by atoms with E-state index in [0.717, 1.165) is 19.4 Å². The van der Waals surface area contributed by atoms with Crippen molar-refractivity contribution in [2.24, 2.45) is 0 Å². The highest BCUT2D eigenvalue weighted by Gasteiger charge is 2.27. The minimum atomic E-state index is -0.494. The van der Waals surface area contributed by atoms with Crippen molar-refractivity contribution in [3.8, 4) is 0 Å². The van der Waals surface area contributed by atoms with Crippen molar-refractivity contribution in [3.05, 3.63) is 46.8 Å². The Kier molecular flexibility index (Phi) is 6.13. The van der Waals surface area contributed by atoms with Crippen LogP contribution in [-0.4, -0.2) is 58.5 Å². The van der Waals surface area contributed by atoms with E-state index in [-0.39, 0.29) is 23.7 Å². The fraction of sp³-hybridized carbons (Fsp3) is 0.545. The quantitative estimate of drug-likeness (QED) is 0.732. The third-order valence-electron chi connectivity index (χ3n) is 6.14. The van der Waals surface area contributed by atoms with Crippen LogP contribution in [0.5, 0.6) is 0 Å². The summed E-state index contributed by atoms with van der Waals surface area (Å²) < 4.78 is 6.37. The molecule has 0 radical (unpaired) electrons. The topological polar surface area (TPSA) is 89.4 Å². The van der Waals surface area contributed by atoms with Gasteiger partial charge in [0.1, 0.15) is 0 Å². The number of rotatable bonds is 6. The molecule has 1 N–H and O–H groups in total. The monoisotopic (exact) mass is 411 g/mol. The SMILES string of the molecule is COC(=O)c1cn([C@H]2CCN(CC(=O)N[C@H](C)c3ccc4c(c3)CCCC4)C2)nn1. The molecule has 1 saturated heterocycles. The van der Waals surface area contributed by atoms with Crippen LogP contribution in [0.3, 0.4) is 0 Å². The number of aryl methyl sites for hydroxylation is 2. The molecule has 2 atom stereocenters. The first-order valence-corrected chi connectivity index (χ1v) is 10.7. The number of fused-ring (bicyclic) bond motifs is 1. The van der Waals surface area contributed by atoms with Crippen LogP contribution in [0.1, 0.15) is 65.4 Å². The van der Waals surface area contributed by atoms with Gasteiger partial charge in [0, 0.05) is 13.1 Å². The van der Waals surface area contributed by atoms with Gasteiger partial charge in [0.15, 0.2) is 5.69 Å². The molecule has 8 heteroatoms. The predicted molar refractivity (Wildman–Crippen MR) is 111 cm³/mol. The highest BCUT2D eigenvalue weighted by atomic mass is 16.5. The zero-order valence-electron chi connectivity index (χ0n) is 17.6. The van der Waals surface area contributed by atoms with E-state index in [9.17, 15) is 9.59 Å². The number of hydrogen-bond acceptors (Lipinski definition) is 6. The van der Waals surface area contributed by atoms with Gasteiger partial charge in [0.25, 0.3) is 0 Å². The Morgan fingerprint density at radius 3 is 2.87 bits per heavy atom. The van der Waals surface area contributed by atoms with Gasteiger partial charge in [-0.05, 0) is 55.7 Å². The minimum absolute atomic E-state index is 0.0129. The number of carbonyl (C=O) groups excluding carboxylic acids is 2. The second-order valence-corrected chi connectivity index (χ2v) is 8.28. The molecule has 1 aliphatic carbocycles. The first-order valence-electron chi connectivity index (χ1n) is 10.7. The molecule has 1 fully saturated rings. The first kappa shape index (κ1) is 20.5. The summed E-state index contributed by atoms with van der Waals surface area (Å²) in [5.74, 6) is -0.471. The summed E-state index contributed by atoms with van der Waals surface area (Å²) in [5, 5.41) is 11.0. The average molecular weight is 412 g/mol. The lowest BCUT2D eigenvalue weighted by Crippen LogP contribution is -2.37. The molecule has 8 nitrogen and oxygen atoms in total. The molecule has 4 rings (SSSR count). The average Bonchev–Trinajstić information content (AvgIpc) is 3.42. The van der Waals surface area contributed by atoms with E-state index in [1.165, 1.54) is 43.1 Å². The van der Waals surface area contributed by atoms with Gasteiger partial charge in [-0.15, -0.1) is 5.10 Å². The van der Waals surface area contributed by atoms with Crippen LogP contribution in [0.2, 0.25) is 0 Å². The maximum atomic E-state index is 12.6. The zero-order chi connectivity index (χ0) is 21.1. The summed E-state index contributed by atoms with van der Waals surface area (Å²) in [5.41, 5.74) is 4.25. The summed E-state index contributed by atoms with van der Waals surface area (Å²) in [4.78, 5) is 26.3. The van der Waals surface area contributed by atoms with E-state index >= 15 is 0 Å². The number of methoxy groups -OCH3 is 1. The molecule has 160 valence electrons. The molecular weight excluding hydrogens is 382 g/mol. The lowest BCUT2D eigenvalue weighted by atomic mass is 9.89. The number of carbonyl (C=O) groups is 2. The summed E-state index contributed by atoms with van der Waals surface area (Å²) in [6.45, 7) is 3.90. The van der Waals surface area contributed by atoms with Crippen LogP contribution in [0.4, 0.5) is 0 Å². The van der Waals surface area contributed by atoms with Gasteiger partial charge >= 0.3 is 5.97 Å². The maximum Gasteiger partial charge on any atom is 0.360 e. The van der Waals surface area contributed by atoms with Crippen molar-refractivity contribution in [1.29, 1.82) is 0 Å². The Labute approximate surface area is 176 Å². The Morgan fingerprint density at radius 2 is 2.07 bits per heavy atom. The van der Waals surface area contributed by atoms with Crippen LogP contribution in [-0.2, 0) is 22.4 Å². The number of aromatic nitrogens is 3. The zero-order valence-corrected chi connectivity index (χ0v) is 17.6. The van der Waals surface area contributed by atoms with Gasteiger partial charge in [0.05, 0.1) is 31.9 Å². The smallest absolute Gasteiger partial charge is 0.360 e. The number of amides is 1. The van der Waals surface area contributed by atoms with Gasteiger partial charge in [0.2, 0.25) is 5.91 Å². The molecule has 1 aromatic heterocycles. The maximum absolute atomic E-state index is 12.6. The third-order valence-corrected chi connectivity index (χ3v) is 6.14. The molecule has 0 saturated carbocycles. The second-order valence-electron chi connectivity index (χ2n) is 8.28. The Balaban J connectivity index is 1.29. The van der Waals surface area contributed by atoms with Crippen LogP contribution < -0.4 is 5.32 Å². The number of likely N-dealkylation sites (tertiary alicyclic amines) is 1. The standard InChI is InChI=1S/C22H29N5O3/c1-15(17-8-7-16-5-3-4-6-18(16)11-17)23-21(28)14-26-10-9-19(12-26)27-13-20(24-25-27)22(29)30-2/h7-8,11,13,15,19H,3-6,9-10,12,14H2,1-2H3,(H,23,28)/t15-,19+/m1/s1. The first-order chi connectivity index (χ1) is 14.5. The van der Waals surface area contributed by atoms with Gasteiger partial charge in [-0.25, -0.2) is 9.48 Å². The van der Waals surface area contributed by atoms with Gasteiger partial charge < -0.3 is 10.1 Å². The molecule has 0 spiro atoms. The lowest BCUT2D eigenvalue weighted by molar-refractivity contribution is -0.122. The number of esters is 1. The normalized spacial score (nSPS) is 19.9. The van der Waals surface area contributed by atoms with Crippen molar-refractivity contribution in [3.63, 3.8) is 0 Å². The Bertz CT molecular complexity index is 925. The molecule has 0 bridgehead atoms. The largest absolute Gasteiger partial charge is 0.464 e. The molecule has 1 aromatic carbocycles. The number of benzene rings is 1. The summed E-state index contributed by atoms with van der Waals surface area (Å²) in [7, 11) is 1.32. The lowest BCUT2D eigenvalue weighted by Gasteiger charge is -2.21. The summed E-state index contributed by atoms with van der Waals surface area (Å²) in [6, 6.07) is 6.71. The van der Waals surface area contributed by atoms with E-state index in [1.54, 1.807) is 10.9 Å². The molecular formula is C22H29N5O3. The third kappa shape index (κ3) is 4.53. The molecule has 30 heavy (non-hydrogen) atoms. The van der Waals surface area contributed by atoms with Crippen LogP contribution in [0.15, 0.2) is 24.4 Å². The van der Waals surface area contributed by atoms with Gasteiger partial charge in [-0.2, -0.15) is 0 Å². The van der Waals surface area contributed by atoms with Crippen LogP contribution >= 0.6 is 0 Å². The number of nitrogens with zero attached hydrogens (tertiary/aromatic N) is 4. The fourth-order valence-corrected chi connectivity index (χ4v) is 4.42. The van der Waals surface area contributed by atoms with Crippen LogP contribution in [0.25, 0.3) is 0 Å². The molecule has 2 aliphatic rings. The van der Waals surface area contributed by atoms with Crippen molar-refractivity contribution in [1.82, 2.24) is 25.2 Å². The Hall–Kier alpha value is -2.74. The summed E-state index contributed by atoms with van der Waals surface area (Å²) >= 11 is 0. The van der Waals surface area contributed by atoms with E-state index in [1.807, 2.05) is 6.92 Å². The molecule has 1 amide bonds. The number of nitrogens with one attached hydrogen (secondary N) is 1. The highest BCUT2D eigenvalue weighted by Crippen LogP contribution is 2.25. The van der Waals surface area contributed by atoms with E-state index < -0.39 is 5.97 Å². The second kappa shape index (κ2) is 8.95. The van der Waals surface area contributed by atoms with Gasteiger partial charge in [-0.1, -0.05) is 23.4 Å². The van der Waals surface area contributed by atoms with Crippen LogP contribution in [0, 0.1) is 0 Å². The predicted octanol–water partition coefficient (Wildman–Crippen LogP) is 2.07. The van der Waals surface area contributed by atoms with E-state index in [0.29, 0.717) is 13.1 Å². The number of hydrogen-bond donors (Lipinski definition) is 1. The van der Waals surface area contributed by atoms with Crippen molar-refractivity contribution in [2.75, 3.05) is 26.7 Å².